The van der Waals surface area contributed by atoms with Crippen LogP contribution in [0.1, 0.15) is 23.3 Å². The molecule has 6 atom stereocenters. The Kier molecular flexibility index (Phi) is 7.13. The SMILES string of the molecule is COc1cc(C2OC[C@@H]3[C@@H](c4cc(OC)c(OCC5CO5)c(OC)c4)OC[C@H]23)cc(OC)c1OCC1CO1. The molecule has 38 heavy (non-hydrogen) atoms. The van der Waals surface area contributed by atoms with Crippen LogP contribution in [0.3, 0.4) is 0 Å². The smallest absolute Gasteiger partial charge is 0.203 e. The van der Waals surface area contributed by atoms with Gasteiger partial charge in [-0.15, -0.1) is 0 Å². The van der Waals surface area contributed by atoms with Crippen LogP contribution in [0.15, 0.2) is 24.3 Å². The minimum atomic E-state index is -0.168. The molecule has 10 heteroatoms. The third-order valence-corrected chi connectivity index (χ3v) is 7.52. The van der Waals surface area contributed by atoms with Gasteiger partial charge in [0.25, 0.3) is 0 Å². The van der Waals surface area contributed by atoms with Gasteiger partial charge >= 0.3 is 0 Å². The van der Waals surface area contributed by atoms with Crippen LogP contribution in [0.25, 0.3) is 0 Å². The van der Waals surface area contributed by atoms with Gasteiger partial charge in [0.15, 0.2) is 23.0 Å². The molecule has 0 radical (unpaired) electrons. The van der Waals surface area contributed by atoms with Gasteiger partial charge in [0, 0.05) is 11.8 Å². The molecule has 0 spiro atoms. The molecular weight excluding hydrogens is 496 g/mol. The summed E-state index contributed by atoms with van der Waals surface area (Å²) in [5.41, 5.74) is 1.93. The maximum Gasteiger partial charge on any atom is 0.203 e. The lowest BCUT2D eigenvalue weighted by molar-refractivity contribution is 0.0190. The van der Waals surface area contributed by atoms with Gasteiger partial charge in [-0.3, -0.25) is 0 Å². The van der Waals surface area contributed by atoms with Crippen molar-refractivity contribution >= 4 is 0 Å². The van der Waals surface area contributed by atoms with E-state index in [-0.39, 0.29) is 36.3 Å². The molecule has 0 amide bonds. The fourth-order valence-corrected chi connectivity index (χ4v) is 5.33. The number of hydrogen-bond acceptors (Lipinski definition) is 10. The molecule has 0 aliphatic carbocycles. The number of ether oxygens (including phenoxy) is 10. The van der Waals surface area contributed by atoms with Crippen LogP contribution in [0.4, 0.5) is 0 Å². The summed E-state index contributed by atoms with van der Waals surface area (Å²) in [6, 6.07) is 7.86. The van der Waals surface area contributed by atoms with Crippen LogP contribution in [0, 0.1) is 11.8 Å². The molecule has 0 aromatic heterocycles. The van der Waals surface area contributed by atoms with Crippen molar-refractivity contribution in [2.45, 2.75) is 24.4 Å². The second-order valence-corrected chi connectivity index (χ2v) is 9.88. The van der Waals surface area contributed by atoms with Gasteiger partial charge in [-0.1, -0.05) is 0 Å². The Morgan fingerprint density at radius 1 is 0.553 bits per heavy atom. The Morgan fingerprint density at radius 3 is 1.18 bits per heavy atom. The van der Waals surface area contributed by atoms with Crippen molar-refractivity contribution in [1.29, 1.82) is 0 Å². The second-order valence-electron chi connectivity index (χ2n) is 9.88. The number of epoxide rings is 2. The minimum absolute atomic E-state index is 0.126. The van der Waals surface area contributed by atoms with Crippen LogP contribution in [0.2, 0.25) is 0 Å². The number of hydrogen-bond donors (Lipinski definition) is 0. The third kappa shape index (κ3) is 4.93. The fourth-order valence-electron chi connectivity index (χ4n) is 5.33. The van der Waals surface area contributed by atoms with Gasteiger partial charge in [-0.2, -0.15) is 0 Å². The Labute approximate surface area is 221 Å². The number of methoxy groups -OCH3 is 4. The van der Waals surface area contributed by atoms with Crippen molar-refractivity contribution in [3.05, 3.63) is 35.4 Å². The van der Waals surface area contributed by atoms with E-state index in [0.717, 1.165) is 11.1 Å². The molecule has 0 saturated carbocycles. The summed E-state index contributed by atoms with van der Waals surface area (Å²) in [5.74, 6) is 3.85. The van der Waals surface area contributed by atoms with Crippen molar-refractivity contribution in [1.82, 2.24) is 0 Å². The van der Waals surface area contributed by atoms with E-state index >= 15 is 0 Å². The third-order valence-electron chi connectivity index (χ3n) is 7.52. The summed E-state index contributed by atoms with van der Waals surface area (Å²) in [5, 5.41) is 0. The van der Waals surface area contributed by atoms with Crippen molar-refractivity contribution < 1.29 is 47.4 Å². The van der Waals surface area contributed by atoms with E-state index < -0.39 is 0 Å². The van der Waals surface area contributed by atoms with E-state index in [1.54, 1.807) is 28.4 Å². The molecule has 3 unspecified atom stereocenters. The van der Waals surface area contributed by atoms with Crippen molar-refractivity contribution in [3.63, 3.8) is 0 Å². The molecule has 6 rings (SSSR count). The zero-order valence-electron chi connectivity index (χ0n) is 22.1. The van der Waals surface area contributed by atoms with Gasteiger partial charge < -0.3 is 47.4 Å². The van der Waals surface area contributed by atoms with Gasteiger partial charge in [-0.05, 0) is 35.4 Å². The molecule has 0 N–H and O–H groups in total. The molecule has 4 fully saturated rings. The van der Waals surface area contributed by atoms with Gasteiger partial charge in [0.1, 0.15) is 25.4 Å². The van der Waals surface area contributed by atoms with Crippen LogP contribution in [0.5, 0.6) is 34.5 Å². The zero-order chi connectivity index (χ0) is 26.2. The highest BCUT2D eigenvalue weighted by Gasteiger charge is 2.49. The predicted octanol–water partition coefficient (Wildman–Crippen LogP) is 3.35. The van der Waals surface area contributed by atoms with E-state index in [2.05, 4.69) is 0 Å². The highest BCUT2D eigenvalue weighted by molar-refractivity contribution is 5.56. The van der Waals surface area contributed by atoms with Crippen LogP contribution in [-0.2, 0) is 18.9 Å². The van der Waals surface area contributed by atoms with Gasteiger partial charge in [0.2, 0.25) is 11.5 Å². The Balaban J connectivity index is 1.23. The number of fused-ring (bicyclic) bond motifs is 1. The highest BCUT2D eigenvalue weighted by Crippen LogP contribution is 2.53. The average molecular weight is 531 g/mol. The first kappa shape index (κ1) is 25.4. The van der Waals surface area contributed by atoms with Crippen molar-refractivity contribution in [2.24, 2.45) is 11.8 Å². The molecule has 0 bridgehead atoms. The summed E-state index contributed by atoms with van der Waals surface area (Å²) in [4.78, 5) is 0. The van der Waals surface area contributed by atoms with E-state index in [9.17, 15) is 0 Å². The predicted molar refractivity (Wildman–Crippen MR) is 134 cm³/mol. The van der Waals surface area contributed by atoms with E-state index in [4.69, 9.17) is 47.4 Å². The molecule has 4 heterocycles. The molecule has 2 aromatic carbocycles. The monoisotopic (exact) mass is 530 g/mol. The standard InChI is InChI=1S/C28H34O10/c1-29-21-5-15(6-22(30-2)27(21)35-11-17-9-33-17)25-19-13-38-26(20(19)14-37-25)16-7-23(31-3)28(24(8-16)32-4)36-12-18-10-34-18/h5-8,17-20,25-26H,9-14H2,1-4H3/t17?,18?,19-,20-,25+,26?/m0/s1. The second kappa shape index (κ2) is 10.7. The first-order valence-electron chi connectivity index (χ1n) is 12.9. The summed E-state index contributed by atoms with van der Waals surface area (Å²) >= 11 is 0. The minimum Gasteiger partial charge on any atom is -0.493 e. The highest BCUT2D eigenvalue weighted by atomic mass is 16.6. The van der Waals surface area contributed by atoms with E-state index in [1.165, 1.54) is 0 Å². The Bertz CT molecular complexity index is 1000. The Hall–Kier alpha value is -2.92. The van der Waals surface area contributed by atoms with Gasteiger partial charge in [-0.25, -0.2) is 0 Å². The topological polar surface area (TPSA) is 98.9 Å². The first-order valence-corrected chi connectivity index (χ1v) is 12.9. The molecule has 4 aliphatic heterocycles. The first-order chi connectivity index (χ1) is 18.6. The number of rotatable bonds is 12. The molecule has 2 aromatic rings. The summed E-state index contributed by atoms with van der Waals surface area (Å²) < 4.78 is 57.8. The lowest BCUT2D eigenvalue weighted by Gasteiger charge is -2.21. The van der Waals surface area contributed by atoms with Crippen molar-refractivity contribution in [2.75, 3.05) is 68.1 Å². The van der Waals surface area contributed by atoms with Crippen LogP contribution < -0.4 is 28.4 Å². The zero-order valence-corrected chi connectivity index (χ0v) is 22.1. The normalized spacial score (nSPS) is 28.9. The summed E-state index contributed by atoms with van der Waals surface area (Å²) in [6.07, 6.45) is -0.0848. The molecule has 10 nitrogen and oxygen atoms in total. The van der Waals surface area contributed by atoms with Crippen molar-refractivity contribution in [3.8, 4) is 34.5 Å². The lowest BCUT2D eigenvalue weighted by atomic mass is 9.84. The van der Waals surface area contributed by atoms with Crippen LogP contribution in [-0.4, -0.2) is 80.3 Å². The largest absolute Gasteiger partial charge is 0.493 e. The maximum atomic E-state index is 6.36. The van der Waals surface area contributed by atoms with Gasteiger partial charge in [0.05, 0.1) is 67.1 Å². The molecule has 206 valence electrons. The Morgan fingerprint density at radius 2 is 0.895 bits per heavy atom. The van der Waals surface area contributed by atoms with E-state index in [1.807, 2.05) is 24.3 Å². The summed E-state index contributed by atoms with van der Waals surface area (Å²) in [7, 11) is 6.49. The molecular formula is C28H34O10. The summed E-state index contributed by atoms with van der Waals surface area (Å²) in [6.45, 7) is 3.46. The number of benzene rings is 2. The van der Waals surface area contributed by atoms with E-state index in [0.29, 0.717) is 74.1 Å². The van der Waals surface area contributed by atoms with Crippen LogP contribution >= 0.6 is 0 Å². The maximum absolute atomic E-state index is 6.36. The molecule has 4 saturated heterocycles. The lowest BCUT2D eigenvalue weighted by Crippen LogP contribution is -2.15. The quantitative estimate of drug-likeness (QED) is 0.380. The molecule has 4 aliphatic rings. The average Bonchev–Trinajstić information content (AvgIpc) is 3.87. The fraction of sp³-hybridized carbons (Fsp3) is 0.571.